The molecule has 150 valence electrons. The molecule has 0 radical (unpaired) electrons. The molecule has 0 spiro atoms. The van der Waals surface area contributed by atoms with Gasteiger partial charge < -0.3 is 15.7 Å². The minimum atomic E-state index is -1.03. The third kappa shape index (κ3) is 8.45. The molecule has 3 N–H and O–H groups in total. The Bertz CT molecular complexity index is 808. The number of carboxylic acids is 1. The number of carbonyl (C=O) groups excluding carboxylic acids is 2. The van der Waals surface area contributed by atoms with Gasteiger partial charge in [0.05, 0.1) is 10.7 Å². The highest BCUT2D eigenvalue weighted by Crippen LogP contribution is 2.30. The standard InChI is InChI=1S/C16H16ClNOS.C4H7NO3/c1-11-6-5-8-13(17)16(11)18-14-9-4-3-7-12(14)10-15(19)20-2;1-3(6)5-2-4(7)8/h3-9,18H,10H2,1-2H3;2H2,1H3,(H,5,6)(H,7,8). The summed E-state index contributed by atoms with van der Waals surface area (Å²) < 4.78 is 0. The van der Waals surface area contributed by atoms with E-state index in [1.807, 2.05) is 49.4 Å². The van der Waals surface area contributed by atoms with Gasteiger partial charge in [-0.3, -0.25) is 14.4 Å². The van der Waals surface area contributed by atoms with Gasteiger partial charge in [-0.15, -0.1) is 0 Å². The number of halogens is 1. The first-order chi connectivity index (χ1) is 13.2. The molecule has 2 aromatic carbocycles. The van der Waals surface area contributed by atoms with Crippen LogP contribution in [0, 0.1) is 6.92 Å². The van der Waals surface area contributed by atoms with Crippen LogP contribution in [0.25, 0.3) is 0 Å². The number of thioether (sulfide) groups is 1. The van der Waals surface area contributed by atoms with Crippen molar-refractivity contribution in [1.29, 1.82) is 0 Å². The van der Waals surface area contributed by atoms with Crippen molar-refractivity contribution in [3.63, 3.8) is 0 Å². The molecule has 0 unspecified atom stereocenters. The molecule has 0 bridgehead atoms. The lowest BCUT2D eigenvalue weighted by atomic mass is 10.1. The molecule has 0 saturated heterocycles. The zero-order valence-corrected chi connectivity index (χ0v) is 17.5. The van der Waals surface area contributed by atoms with E-state index in [9.17, 15) is 14.4 Å². The van der Waals surface area contributed by atoms with E-state index in [-0.39, 0.29) is 17.6 Å². The zero-order valence-electron chi connectivity index (χ0n) is 15.9. The Morgan fingerprint density at radius 3 is 2.32 bits per heavy atom. The van der Waals surface area contributed by atoms with Crippen LogP contribution in [0.5, 0.6) is 0 Å². The van der Waals surface area contributed by atoms with Gasteiger partial charge in [0.2, 0.25) is 5.91 Å². The molecule has 0 heterocycles. The second kappa shape index (κ2) is 12.0. The van der Waals surface area contributed by atoms with Crippen LogP contribution in [-0.4, -0.2) is 34.9 Å². The fourth-order valence-corrected chi connectivity index (χ4v) is 2.72. The van der Waals surface area contributed by atoms with Crippen molar-refractivity contribution in [2.75, 3.05) is 18.1 Å². The summed E-state index contributed by atoms with van der Waals surface area (Å²) in [5.41, 5.74) is 3.86. The molecule has 0 aliphatic carbocycles. The third-order valence-electron chi connectivity index (χ3n) is 3.55. The lowest BCUT2D eigenvalue weighted by Gasteiger charge is -2.14. The number of nitrogens with one attached hydrogen (secondary N) is 2. The lowest BCUT2D eigenvalue weighted by molar-refractivity contribution is -0.137. The number of hydrogen-bond acceptors (Lipinski definition) is 5. The van der Waals surface area contributed by atoms with E-state index < -0.39 is 5.97 Å². The van der Waals surface area contributed by atoms with Gasteiger partial charge in [0, 0.05) is 19.0 Å². The van der Waals surface area contributed by atoms with E-state index in [2.05, 4.69) is 10.6 Å². The van der Waals surface area contributed by atoms with Crippen molar-refractivity contribution < 1.29 is 19.5 Å². The first-order valence-corrected chi connectivity index (χ1v) is 9.98. The molecule has 1 amide bonds. The summed E-state index contributed by atoms with van der Waals surface area (Å²) in [6.07, 6.45) is 2.21. The van der Waals surface area contributed by atoms with E-state index in [1.165, 1.54) is 18.7 Å². The predicted octanol–water partition coefficient (Wildman–Crippen LogP) is 4.03. The van der Waals surface area contributed by atoms with Crippen molar-refractivity contribution >= 4 is 51.7 Å². The summed E-state index contributed by atoms with van der Waals surface area (Å²) in [7, 11) is 0. The summed E-state index contributed by atoms with van der Waals surface area (Å²) in [5.74, 6) is -1.35. The van der Waals surface area contributed by atoms with Gasteiger partial charge in [0.25, 0.3) is 0 Å². The third-order valence-corrected chi connectivity index (χ3v) is 4.46. The molecule has 0 saturated carbocycles. The fraction of sp³-hybridized carbons (Fsp3) is 0.250. The number of anilines is 2. The molecule has 0 atom stereocenters. The van der Waals surface area contributed by atoms with E-state index >= 15 is 0 Å². The maximum Gasteiger partial charge on any atom is 0.322 e. The molecule has 0 fully saturated rings. The van der Waals surface area contributed by atoms with Crippen LogP contribution in [0.2, 0.25) is 5.02 Å². The molecule has 28 heavy (non-hydrogen) atoms. The van der Waals surface area contributed by atoms with Crippen LogP contribution < -0.4 is 10.6 Å². The first kappa shape index (κ1) is 23.5. The summed E-state index contributed by atoms with van der Waals surface area (Å²) >= 11 is 7.48. The minimum absolute atomic E-state index is 0.148. The molecule has 8 heteroatoms. The van der Waals surface area contributed by atoms with E-state index in [0.717, 1.165) is 22.5 Å². The van der Waals surface area contributed by atoms with Gasteiger partial charge in [-0.2, -0.15) is 0 Å². The van der Waals surface area contributed by atoms with Crippen LogP contribution in [0.15, 0.2) is 42.5 Å². The fourth-order valence-electron chi connectivity index (χ4n) is 2.15. The summed E-state index contributed by atoms with van der Waals surface area (Å²) in [4.78, 5) is 31.3. The van der Waals surface area contributed by atoms with Gasteiger partial charge in [-0.25, -0.2) is 0 Å². The van der Waals surface area contributed by atoms with Crippen LogP contribution in [0.1, 0.15) is 18.1 Å². The monoisotopic (exact) mass is 422 g/mol. The van der Waals surface area contributed by atoms with Gasteiger partial charge >= 0.3 is 5.97 Å². The quantitative estimate of drug-likeness (QED) is 0.650. The molecular weight excluding hydrogens is 400 g/mol. The molecule has 2 aromatic rings. The summed E-state index contributed by atoms with van der Waals surface area (Å²) in [5, 5.41) is 14.2. The van der Waals surface area contributed by atoms with Crippen molar-refractivity contribution in [3.05, 3.63) is 58.6 Å². The van der Waals surface area contributed by atoms with Gasteiger partial charge in [0.1, 0.15) is 6.54 Å². The molecule has 2 rings (SSSR count). The van der Waals surface area contributed by atoms with E-state index in [1.54, 1.807) is 6.26 Å². The van der Waals surface area contributed by atoms with Crippen LogP contribution in [0.3, 0.4) is 0 Å². The summed E-state index contributed by atoms with van der Waals surface area (Å²) in [6, 6.07) is 13.6. The maximum atomic E-state index is 11.6. The molecule has 0 aromatic heterocycles. The van der Waals surface area contributed by atoms with Crippen molar-refractivity contribution in [2.24, 2.45) is 0 Å². The molecule has 0 aliphatic heterocycles. The molecular formula is C20H23ClN2O4S. The smallest absolute Gasteiger partial charge is 0.322 e. The van der Waals surface area contributed by atoms with Crippen molar-refractivity contribution in [2.45, 2.75) is 20.3 Å². The predicted molar refractivity (Wildman–Crippen MR) is 114 cm³/mol. The Balaban J connectivity index is 0.000000416. The number of carboxylic acid groups (broad SMARTS) is 1. The zero-order chi connectivity index (χ0) is 21.1. The number of aliphatic carboxylic acids is 1. The highest BCUT2D eigenvalue weighted by molar-refractivity contribution is 8.13. The van der Waals surface area contributed by atoms with Gasteiger partial charge in [-0.05, 0) is 36.4 Å². The molecule has 6 nitrogen and oxygen atoms in total. The normalized spacial score (nSPS) is 9.71. The van der Waals surface area contributed by atoms with Gasteiger partial charge in [0.15, 0.2) is 5.12 Å². The van der Waals surface area contributed by atoms with Crippen molar-refractivity contribution in [3.8, 4) is 0 Å². The summed E-state index contributed by atoms with van der Waals surface area (Å²) in [6.45, 7) is 2.97. The highest BCUT2D eigenvalue weighted by atomic mass is 35.5. The second-order valence-corrected chi connectivity index (χ2v) is 7.04. The Kier molecular flexibility index (Phi) is 10.1. The largest absolute Gasteiger partial charge is 0.480 e. The van der Waals surface area contributed by atoms with Crippen LogP contribution >= 0.6 is 23.4 Å². The number of hydrogen-bond donors (Lipinski definition) is 3. The Morgan fingerprint density at radius 1 is 1.11 bits per heavy atom. The lowest BCUT2D eigenvalue weighted by Crippen LogP contribution is -2.26. The highest BCUT2D eigenvalue weighted by Gasteiger charge is 2.09. The van der Waals surface area contributed by atoms with Crippen molar-refractivity contribution in [1.82, 2.24) is 5.32 Å². The minimum Gasteiger partial charge on any atom is -0.480 e. The first-order valence-electron chi connectivity index (χ1n) is 8.37. The number of rotatable bonds is 6. The molecule has 0 aliphatic rings. The maximum absolute atomic E-state index is 11.6. The number of carbonyl (C=O) groups is 3. The number of amides is 1. The van der Waals surface area contributed by atoms with Crippen LogP contribution in [-0.2, 0) is 20.8 Å². The SMILES string of the molecule is CC(=O)NCC(=O)O.CSC(=O)Cc1ccccc1Nc1c(C)cccc1Cl. The van der Waals surface area contributed by atoms with Gasteiger partial charge in [-0.1, -0.05) is 53.7 Å². The second-order valence-electron chi connectivity index (χ2n) is 5.77. The topological polar surface area (TPSA) is 95.5 Å². The number of benzene rings is 2. The number of aryl methyl sites for hydroxylation is 1. The Labute approximate surface area is 173 Å². The average Bonchev–Trinajstić information content (AvgIpc) is 2.65. The Morgan fingerprint density at radius 2 is 1.79 bits per heavy atom. The number of para-hydroxylation sites is 2. The van der Waals surface area contributed by atoms with Crippen LogP contribution in [0.4, 0.5) is 11.4 Å². The van der Waals surface area contributed by atoms with E-state index in [4.69, 9.17) is 16.7 Å². The van der Waals surface area contributed by atoms with E-state index in [0.29, 0.717) is 11.4 Å². The Hall–Kier alpha value is -2.51. The average molecular weight is 423 g/mol.